The van der Waals surface area contributed by atoms with E-state index in [4.69, 9.17) is 0 Å². The quantitative estimate of drug-likeness (QED) is 0.845. The molecule has 0 saturated heterocycles. The highest BCUT2D eigenvalue weighted by Crippen LogP contribution is 2.39. The lowest BCUT2D eigenvalue weighted by Crippen LogP contribution is -2.15. The zero-order chi connectivity index (χ0) is 17.4. The second-order valence-electron chi connectivity index (χ2n) is 6.90. The maximum absolute atomic E-state index is 12.8. The lowest BCUT2D eigenvalue weighted by Gasteiger charge is -2.17. The summed E-state index contributed by atoms with van der Waals surface area (Å²) >= 11 is 1.57. The molecule has 1 aliphatic rings. The fourth-order valence-corrected chi connectivity index (χ4v) is 5.02. The first kappa shape index (κ1) is 16.7. The van der Waals surface area contributed by atoms with E-state index in [2.05, 4.69) is 18.3 Å². The van der Waals surface area contributed by atoms with Crippen molar-refractivity contribution in [1.82, 2.24) is 0 Å². The lowest BCUT2D eigenvalue weighted by molar-refractivity contribution is 0.102. The van der Waals surface area contributed by atoms with Crippen LogP contribution in [-0.2, 0) is 12.8 Å². The number of amides is 1. The van der Waals surface area contributed by atoms with Crippen LogP contribution < -0.4 is 5.32 Å². The Labute approximate surface area is 147 Å². The monoisotopic (exact) mass is 338 g/mol. The van der Waals surface area contributed by atoms with E-state index in [-0.39, 0.29) is 5.91 Å². The van der Waals surface area contributed by atoms with Gasteiger partial charge in [0.2, 0.25) is 0 Å². The number of carbonyl (C=O) groups is 1. The third-order valence-electron chi connectivity index (χ3n) is 4.75. The summed E-state index contributed by atoms with van der Waals surface area (Å²) in [7, 11) is 0. The number of hydrogen-bond acceptors (Lipinski definition) is 3. The van der Waals surface area contributed by atoms with E-state index in [1.807, 2.05) is 32.9 Å². The van der Waals surface area contributed by atoms with Crippen LogP contribution >= 0.6 is 11.3 Å². The summed E-state index contributed by atoms with van der Waals surface area (Å²) in [5.74, 6) is 0.529. The highest BCUT2D eigenvalue weighted by molar-refractivity contribution is 7.16. The molecule has 2 aromatic rings. The van der Waals surface area contributed by atoms with Gasteiger partial charge in [-0.25, -0.2) is 0 Å². The Kier molecular flexibility index (Phi) is 4.47. The zero-order valence-corrected chi connectivity index (χ0v) is 15.4. The molecule has 1 unspecified atom stereocenters. The minimum Gasteiger partial charge on any atom is -0.312 e. The van der Waals surface area contributed by atoms with Crippen LogP contribution in [0, 0.1) is 38.0 Å². The van der Waals surface area contributed by atoms with E-state index >= 15 is 0 Å². The number of rotatable bonds is 2. The number of thiophene rings is 1. The third kappa shape index (κ3) is 2.97. The second kappa shape index (κ2) is 6.41. The summed E-state index contributed by atoms with van der Waals surface area (Å²) in [4.78, 5) is 14.1. The predicted molar refractivity (Wildman–Crippen MR) is 98.8 cm³/mol. The van der Waals surface area contributed by atoms with Gasteiger partial charge in [0, 0.05) is 10.4 Å². The second-order valence-corrected chi connectivity index (χ2v) is 8.00. The standard InChI is InChI=1S/C20H22N2OS/c1-11-5-6-15-16(10-21)20(24-17(15)9-11)22-19(23)18-13(3)7-12(2)8-14(18)4/h7-8,11H,5-6,9H2,1-4H3,(H,22,23). The molecule has 0 fully saturated rings. The van der Waals surface area contributed by atoms with Crippen molar-refractivity contribution in [3.05, 3.63) is 50.4 Å². The number of nitrogens with one attached hydrogen (secondary N) is 1. The van der Waals surface area contributed by atoms with E-state index in [1.165, 1.54) is 4.88 Å². The Morgan fingerprint density at radius 3 is 2.58 bits per heavy atom. The van der Waals surface area contributed by atoms with Gasteiger partial charge in [-0.05, 0) is 62.6 Å². The van der Waals surface area contributed by atoms with Gasteiger partial charge in [0.25, 0.3) is 5.91 Å². The maximum Gasteiger partial charge on any atom is 0.256 e. The number of anilines is 1. The van der Waals surface area contributed by atoms with Crippen LogP contribution in [0.5, 0.6) is 0 Å². The maximum atomic E-state index is 12.8. The van der Waals surface area contributed by atoms with Crippen LogP contribution in [0.15, 0.2) is 12.1 Å². The molecule has 4 heteroatoms. The number of benzene rings is 1. The number of nitrogens with zero attached hydrogens (tertiary/aromatic N) is 1. The SMILES string of the molecule is Cc1cc(C)c(C(=O)Nc2sc3c(c2C#N)CCC(C)C3)c(C)c1. The first-order valence-electron chi connectivity index (χ1n) is 8.34. The molecule has 1 N–H and O–H groups in total. The smallest absolute Gasteiger partial charge is 0.256 e. The fraction of sp³-hybridized carbons (Fsp3) is 0.400. The average molecular weight is 338 g/mol. The molecule has 124 valence electrons. The summed E-state index contributed by atoms with van der Waals surface area (Å²) in [6, 6.07) is 6.35. The Morgan fingerprint density at radius 2 is 1.96 bits per heavy atom. The molecule has 1 heterocycles. The number of aryl methyl sites for hydroxylation is 3. The van der Waals surface area contributed by atoms with Gasteiger partial charge in [-0.15, -0.1) is 11.3 Å². The Hall–Kier alpha value is -2.12. The van der Waals surface area contributed by atoms with E-state index < -0.39 is 0 Å². The van der Waals surface area contributed by atoms with Crippen molar-refractivity contribution in [2.24, 2.45) is 5.92 Å². The molecule has 1 aromatic carbocycles. The summed E-state index contributed by atoms with van der Waals surface area (Å²) < 4.78 is 0. The van der Waals surface area contributed by atoms with Crippen molar-refractivity contribution in [2.45, 2.75) is 47.0 Å². The van der Waals surface area contributed by atoms with Crippen molar-refractivity contribution in [1.29, 1.82) is 5.26 Å². The van der Waals surface area contributed by atoms with Crippen molar-refractivity contribution >= 4 is 22.2 Å². The number of hydrogen-bond donors (Lipinski definition) is 1. The van der Waals surface area contributed by atoms with Crippen molar-refractivity contribution < 1.29 is 4.79 Å². The molecule has 3 nitrogen and oxygen atoms in total. The lowest BCUT2D eigenvalue weighted by atomic mass is 9.88. The topological polar surface area (TPSA) is 52.9 Å². The molecule has 0 bridgehead atoms. The van der Waals surface area contributed by atoms with Crippen molar-refractivity contribution in [3.63, 3.8) is 0 Å². The number of carbonyl (C=O) groups excluding carboxylic acids is 1. The minimum atomic E-state index is -0.117. The first-order valence-corrected chi connectivity index (χ1v) is 9.16. The van der Waals surface area contributed by atoms with E-state index in [1.54, 1.807) is 11.3 Å². The van der Waals surface area contributed by atoms with Gasteiger partial charge < -0.3 is 5.32 Å². The van der Waals surface area contributed by atoms with Crippen LogP contribution in [0.4, 0.5) is 5.00 Å². The van der Waals surface area contributed by atoms with Crippen LogP contribution in [0.2, 0.25) is 0 Å². The molecule has 0 spiro atoms. The largest absolute Gasteiger partial charge is 0.312 e. The Morgan fingerprint density at radius 1 is 1.29 bits per heavy atom. The molecule has 24 heavy (non-hydrogen) atoms. The summed E-state index contributed by atoms with van der Waals surface area (Å²) in [5, 5.41) is 13.3. The van der Waals surface area contributed by atoms with Gasteiger partial charge >= 0.3 is 0 Å². The van der Waals surface area contributed by atoms with Crippen molar-refractivity contribution in [2.75, 3.05) is 5.32 Å². The van der Waals surface area contributed by atoms with Crippen molar-refractivity contribution in [3.8, 4) is 6.07 Å². The molecule has 1 aromatic heterocycles. The van der Waals surface area contributed by atoms with Gasteiger partial charge in [0.05, 0.1) is 5.56 Å². The van der Waals surface area contributed by atoms with Crippen LogP contribution in [0.1, 0.15) is 56.4 Å². The summed E-state index contributed by atoms with van der Waals surface area (Å²) in [6.07, 6.45) is 3.06. The number of fused-ring (bicyclic) bond motifs is 1. The van der Waals surface area contributed by atoms with E-state index in [0.717, 1.165) is 41.5 Å². The van der Waals surface area contributed by atoms with Crippen LogP contribution in [0.25, 0.3) is 0 Å². The normalized spacial score (nSPS) is 16.4. The van der Waals surface area contributed by atoms with Crippen LogP contribution in [0.3, 0.4) is 0 Å². The van der Waals surface area contributed by atoms with Crippen LogP contribution in [-0.4, -0.2) is 5.91 Å². The molecule has 1 amide bonds. The van der Waals surface area contributed by atoms with Gasteiger partial charge in [-0.1, -0.05) is 24.6 Å². The van der Waals surface area contributed by atoms with Gasteiger partial charge in [0.15, 0.2) is 0 Å². The van der Waals surface area contributed by atoms with Gasteiger partial charge in [-0.2, -0.15) is 5.26 Å². The highest BCUT2D eigenvalue weighted by atomic mass is 32.1. The van der Waals surface area contributed by atoms with Gasteiger partial charge in [0.1, 0.15) is 11.1 Å². The minimum absolute atomic E-state index is 0.117. The molecular formula is C20H22N2OS. The average Bonchev–Trinajstić information content (AvgIpc) is 2.81. The Bertz CT molecular complexity index is 834. The molecule has 3 rings (SSSR count). The molecule has 0 saturated carbocycles. The van der Waals surface area contributed by atoms with Gasteiger partial charge in [-0.3, -0.25) is 4.79 Å². The number of nitriles is 1. The summed E-state index contributed by atoms with van der Waals surface area (Å²) in [6.45, 7) is 8.19. The zero-order valence-electron chi connectivity index (χ0n) is 14.6. The highest BCUT2D eigenvalue weighted by Gasteiger charge is 2.25. The first-order chi connectivity index (χ1) is 11.4. The molecule has 0 radical (unpaired) electrons. The molecule has 1 aliphatic carbocycles. The van der Waals surface area contributed by atoms with E-state index in [9.17, 15) is 10.1 Å². The fourth-order valence-electron chi connectivity index (χ4n) is 3.66. The third-order valence-corrected chi connectivity index (χ3v) is 5.92. The Balaban J connectivity index is 1.95. The van der Waals surface area contributed by atoms with E-state index in [0.29, 0.717) is 22.0 Å². The summed E-state index contributed by atoms with van der Waals surface area (Å²) in [5.41, 5.74) is 5.62. The predicted octanol–water partition coefficient (Wildman–Crippen LogP) is 4.92. The molecule has 0 aliphatic heterocycles. The molecular weight excluding hydrogens is 316 g/mol. The molecule has 1 atom stereocenters.